The number of rotatable bonds is 3. The van der Waals surface area contributed by atoms with E-state index >= 15 is 0 Å². The molecular weight excluding hydrogens is 214 g/mol. The largest absolute Gasteiger partial charge is 0.344 e. The van der Waals surface area contributed by atoms with Crippen LogP contribution in [-0.4, -0.2) is 15.7 Å². The molecular formula is C13H15N3O. The number of amides is 1. The minimum absolute atomic E-state index is 0.0152. The second kappa shape index (κ2) is 4.82. The maximum absolute atomic E-state index is 11.9. The highest BCUT2D eigenvalue weighted by atomic mass is 16.2. The van der Waals surface area contributed by atoms with E-state index in [0.29, 0.717) is 5.69 Å². The Morgan fingerprint density at radius 2 is 2.00 bits per heavy atom. The summed E-state index contributed by atoms with van der Waals surface area (Å²) in [5.74, 6) is -0.110. The summed E-state index contributed by atoms with van der Waals surface area (Å²) < 4.78 is 1.56. The van der Waals surface area contributed by atoms with E-state index in [4.69, 9.17) is 0 Å². The Balaban J connectivity index is 2.08. The Hall–Kier alpha value is -2.10. The number of hydrogen-bond donors (Lipinski definition) is 1. The van der Waals surface area contributed by atoms with Crippen molar-refractivity contribution in [2.45, 2.75) is 13.0 Å². The molecule has 1 N–H and O–H groups in total. The van der Waals surface area contributed by atoms with Crippen LogP contribution in [0, 0.1) is 0 Å². The zero-order valence-corrected chi connectivity index (χ0v) is 9.92. The molecule has 0 saturated carbocycles. The molecule has 1 amide bonds. The standard InChI is InChI=1S/C13H15N3O/c1-10(11-6-4-3-5-7-11)15-13(17)12-8-9-14-16(12)2/h3-10H,1-2H3,(H,15,17)/t10-/m1/s1. The lowest BCUT2D eigenvalue weighted by atomic mass is 10.1. The van der Waals surface area contributed by atoms with Gasteiger partial charge in [0, 0.05) is 13.2 Å². The van der Waals surface area contributed by atoms with E-state index in [1.807, 2.05) is 37.3 Å². The van der Waals surface area contributed by atoms with Crippen molar-refractivity contribution in [2.75, 3.05) is 0 Å². The van der Waals surface area contributed by atoms with Gasteiger partial charge in [-0.25, -0.2) is 0 Å². The van der Waals surface area contributed by atoms with Crippen LogP contribution in [0.3, 0.4) is 0 Å². The van der Waals surface area contributed by atoms with Gasteiger partial charge in [0.2, 0.25) is 0 Å². The van der Waals surface area contributed by atoms with Gasteiger partial charge in [-0.05, 0) is 18.6 Å². The lowest BCUT2D eigenvalue weighted by Crippen LogP contribution is -2.28. The van der Waals surface area contributed by atoms with Gasteiger partial charge in [0.15, 0.2) is 0 Å². The average Bonchev–Trinajstić information content (AvgIpc) is 2.76. The van der Waals surface area contributed by atoms with Gasteiger partial charge in [-0.15, -0.1) is 0 Å². The summed E-state index contributed by atoms with van der Waals surface area (Å²) in [7, 11) is 1.75. The van der Waals surface area contributed by atoms with Crippen LogP contribution in [0.2, 0.25) is 0 Å². The van der Waals surface area contributed by atoms with Crippen molar-refractivity contribution in [1.29, 1.82) is 0 Å². The highest BCUT2D eigenvalue weighted by Gasteiger charge is 2.13. The molecule has 4 nitrogen and oxygen atoms in total. The topological polar surface area (TPSA) is 46.9 Å². The monoisotopic (exact) mass is 229 g/mol. The minimum Gasteiger partial charge on any atom is -0.344 e. The van der Waals surface area contributed by atoms with Crippen molar-refractivity contribution in [1.82, 2.24) is 15.1 Å². The normalized spacial score (nSPS) is 12.1. The highest BCUT2D eigenvalue weighted by molar-refractivity contribution is 5.92. The summed E-state index contributed by atoms with van der Waals surface area (Å²) >= 11 is 0. The van der Waals surface area contributed by atoms with Crippen molar-refractivity contribution < 1.29 is 4.79 Å². The molecule has 0 saturated heterocycles. The Bertz CT molecular complexity index is 504. The van der Waals surface area contributed by atoms with Gasteiger partial charge in [-0.1, -0.05) is 30.3 Å². The quantitative estimate of drug-likeness (QED) is 0.874. The summed E-state index contributed by atoms with van der Waals surface area (Å²) in [4.78, 5) is 11.9. The van der Waals surface area contributed by atoms with Crippen LogP contribution >= 0.6 is 0 Å². The van der Waals surface area contributed by atoms with E-state index in [1.165, 1.54) is 0 Å². The van der Waals surface area contributed by atoms with Crippen molar-refractivity contribution in [3.63, 3.8) is 0 Å². The summed E-state index contributed by atoms with van der Waals surface area (Å²) in [6, 6.07) is 11.6. The summed E-state index contributed by atoms with van der Waals surface area (Å²) in [6.45, 7) is 1.96. The highest BCUT2D eigenvalue weighted by Crippen LogP contribution is 2.11. The third-order valence-corrected chi connectivity index (χ3v) is 2.70. The van der Waals surface area contributed by atoms with Gasteiger partial charge < -0.3 is 5.32 Å². The third kappa shape index (κ3) is 2.53. The lowest BCUT2D eigenvalue weighted by molar-refractivity contribution is 0.0930. The molecule has 0 fully saturated rings. The molecule has 0 aliphatic carbocycles. The van der Waals surface area contributed by atoms with E-state index in [0.717, 1.165) is 5.56 Å². The summed E-state index contributed by atoms with van der Waals surface area (Å²) in [6.07, 6.45) is 1.61. The van der Waals surface area contributed by atoms with Crippen molar-refractivity contribution in [2.24, 2.45) is 7.05 Å². The molecule has 0 unspecified atom stereocenters. The number of benzene rings is 1. The predicted molar refractivity (Wildman–Crippen MR) is 65.5 cm³/mol. The third-order valence-electron chi connectivity index (χ3n) is 2.70. The van der Waals surface area contributed by atoms with Crippen LogP contribution in [0.5, 0.6) is 0 Å². The Kier molecular flexibility index (Phi) is 3.23. The van der Waals surface area contributed by atoms with E-state index in [9.17, 15) is 4.79 Å². The lowest BCUT2D eigenvalue weighted by Gasteiger charge is -2.14. The molecule has 0 aliphatic heterocycles. The molecule has 1 atom stereocenters. The molecule has 2 aromatic rings. The first kappa shape index (κ1) is 11.4. The molecule has 1 aromatic carbocycles. The van der Waals surface area contributed by atoms with Crippen LogP contribution in [-0.2, 0) is 7.05 Å². The maximum atomic E-state index is 11.9. The minimum atomic E-state index is -0.110. The number of aromatic nitrogens is 2. The van der Waals surface area contributed by atoms with Gasteiger partial charge >= 0.3 is 0 Å². The van der Waals surface area contributed by atoms with Crippen molar-refractivity contribution >= 4 is 5.91 Å². The average molecular weight is 229 g/mol. The fourth-order valence-corrected chi connectivity index (χ4v) is 1.69. The van der Waals surface area contributed by atoms with Crippen LogP contribution in [0.1, 0.15) is 29.0 Å². The van der Waals surface area contributed by atoms with Gasteiger partial charge in [0.25, 0.3) is 5.91 Å². The molecule has 88 valence electrons. The van der Waals surface area contributed by atoms with E-state index in [2.05, 4.69) is 10.4 Å². The molecule has 0 radical (unpaired) electrons. The molecule has 0 bridgehead atoms. The van der Waals surface area contributed by atoms with Crippen molar-refractivity contribution in [3.8, 4) is 0 Å². The van der Waals surface area contributed by atoms with E-state index in [1.54, 1.807) is 24.0 Å². The zero-order chi connectivity index (χ0) is 12.3. The van der Waals surface area contributed by atoms with E-state index in [-0.39, 0.29) is 11.9 Å². The molecule has 1 heterocycles. The van der Waals surface area contributed by atoms with Gasteiger partial charge in [0.05, 0.1) is 6.04 Å². The van der Waals surface area contributed by atoms with Crippen molar-refractivity contribution in [3.05, 3.63) is 53.9 Å². The first-order valence-electron chi connectivity index (χ1n) is 5.52. The molecule has 2 rings (SSSR count). The number of nitrogens with one attached hydrogen (secondary N) is 1. The van der Waals surface area contributed by atoms with E-state index < -0.39 is 0 Å². The second-order valence-electron chi connectivity index (χ2n) is 3.95. The maximum Gasteiger partial charge on any atom is 0.270 e. The first-order valence-corrected chi connectivity index (χ1v) is 5.52. The Morgan fingerprint density at radius 3 is 2.59 bits per heavy atom. The van der Waals surface area contributed by atoms with Gasteiger partial charge in [0.1, 0.15) is 5.69 Å². The van der Waals surface area contributed by atoms with Gasteiger partial charge in [-0.2, -0.15) is 5.10 Å². The molecule has 0 spiro atoms. The number of hydrogen-bond acceptors (Lipinski definition) is 2. The number of aryl methyl sites for hydroxylation is 1. The summed E-state index contributed by atoms with van der Waals surface area (Å²) in [5.41, 5.74) is 1.65. The SMILES string of the molecule is C[C@@H](NC(=O)c1ccnn1C)c1ccccc1. The number of carbonyl (C=O) groups excluding carboxylic acids is 1. The Morgan fingerprint density at radius 1 is 1.29 bits per heavy atom. The second-order valence-corrected chi connectivity index (χ2v) is 3.95. The fraction of sp³-hybridized carbons (Fsp3) is 0.231. The fourth-order valence-electron chi connectivity index (χ4n) is 1.69. The molecule has 0 aliphatic rings. The summed E-state index contributed by atoms with van der Waals surface area (Å²) in [5, 5.41) is 6.91. The molecule has 1 aromatic heterocycles. The number of nitrogens with zero attached hydrogens (tertiary/aromatic N) is 2. The zero-order valence-electron chi connectivity index (χ0n) is 9.92. The first-order chi connectivity index (χ1) is 8.18. The van der Waals surface area contributed by atoms with Crippen LogP contribution in [0.25, 0.3) is 0 Å². The predicted octanol–water partition coefficient (Wildman–Crippen LogP) is 1.91. The van der Waals surface area contributed by atoms with Crippen LogP contribution < -0.4 is 5.32 Å². The smallest absolute Gasteiger partial charge is 0.270 e. The molecule has 4 heteroatoms. The molecule has 17 heavy (non-hydrogen) atoms. The Labute approximate surface area is 100 Å². The number of carbonyl (C=O) groups is 1. The van der Waals surface area contributed by atoms with Crippen LogP contribution in [0.15, 0.2) is 42.6 Å². The van der Waals surface area contributed by atoms with Gasteiger partial charge in [-0.3, -0.25) is 9.48 Å². The van der Waals surface area contributed by atoms with Crippen LogP contribution in [0.4, 0.5) is 0 Å².